The molecular formula is C15H13BrFNO2. The van der Waals surface area contributed by atoms with E-state index in [1.165, 1.54) is 18.2 Å². The van der Waals surface area contributed by atoms with Gasteiger partial charge < -0.3 is 10.4 Å². The van der Waals surface area contributed by atoms with E-state index < -0.39 is 11.8 Å². The van der Waals surface area contributed by atoms with Crippen molar-refractivity contribution in [3.8, 4) is 0 Å². The number of aryl methyl sites for hydroxylation is 1. The zero-order valence-corrected chi connectivity index (χ0v) is 12.4. The van der Waals surface area contributed by atoms with E-state index in [4.69, 9.17) is 5.11 Å². The summed E-state index contributed by atoms with van der Waals surface area (Å²) in [5.41, 5.74) is 2.34. The van der Waals surface area contributed by atoms with Gasteiger partial charge in [0.05, 0.1) is 5.56 Å². The van der Waals surface area contributed by atoms with Crippen molar-refractivity contribution in [1.82, 2.24) is 0 Å². The quantitative estimate of drug-likeness (QED) is 0.878. The predicted molar refractivity (Wildman–Crippen MR) is 79.6 cm³/mol. The highest BCUT2D eigenvalue weighted by Gasteiger charge is 2.08. The second-order valence-electron chi connectivity index (χ2n) is 4.43. The average molecular weight is 338 g/mol. The molecule has 2 N–H and O–H groups in total. The molecule has 0 saturated carbocycles. The van der Waals surface area contributed by atoms with Gasteiger partial charge in [-0.2, -0.15) is 0 Å². The third kappa shape index (κ3) is 3.36. The first kappa shape index (κ1) is 14.5. The van der Waals surface area contributed by atoms with Gasteiger partial charge in [0.15, 0.2) is 0 Å². The molecule has 0 spiro atoms. The minimum atomic E-state index is -1.07. The lowest BCUT2D eigenvalue weighted by Gasteiger charge is -2.09. The average Bonchev–Trinajstić information content (AvgIpc) is 2.41. The van der Waals surface area contributed by atoms with Gasteiger partial charge in [0, 0.05) is 22.3 Å². The van der Waals surface area contributed by atoms with E-state index in [0.717, 1.165) is 15.7 Å². The lowest BCUT2D eigenvalue weighted by Crippen LogP contribution is -2.05. The number of anilines is 1. The Balaban J connectivity index is 2.15. The molecule has 2 aromatic carbocycles. The van der Waals surface area contributed by atoms with Crippen molar-refractivity contribution < 1.29 is 14.3 Å². The number of benzene rings is 2. The Kier molecular flexibility index (Phi) is 4.39. The van der Waals surface area contributed by atoms with Crippen LogP contribution >= 0.6 is 15.9 Å². The molecule has 20 heavy (non-hydrogen) atoms. The van der Waals surface area contributed by atoms with Crippen molar-refractivity contribution in [3.05, 3.63) is 63.4 Å². The van der Waals surface area contributed by atoms with E-state index in [0.29, 0.717) is 5.56 Å². The molecule has 0 atom stereocenters. The van der Waals surface area contributed by atoms with E-state index in [1.807, 2.05) is 25.1 Å². The first-order valence-electron chi connectivity index (χ1n) is 5.99. The molecule has 0 unspecified atom stereocenters. The van der Waals surface area contributed by atoms with Gasteiger partial charge in [0.2, 0.25) is 0 Å². The first-order valence-corrected chi connectivity index (χ1v) is 6.78. The molecule has 2 aromatic rings. The van der Waals surface area contributed by atoms with Gasteiger partial charge in [-0.05, 0) is 42.8 Å². The lowest BCUT2D eigenvalue weighted by molar-refractivity contribution is 0.0696. The molecule has 3 nitrogen and oxygen atoms in total. The van der Waals surface area contributed by atoms with Crippen LogP contribution in [0.2, 0.25) is 0 Å². The van der Waals surface area contributed by atoms with Crippen LogP contribution in [-0.2, 0) is 6.54 Å². The SMILES string of the molecule is Cc1ccc(NCc2cc(C(=O)O)ccc2F)cc1Br. The summed E-state index contributed by atoms with van der Waals surface area (Å²) in [6.45, 7) is 2.20. The van der Waals surface area contributed by atoms with Crippen molar-refractivity contribution >= 4 is 27.6 Å². The minimum absolute atomic E-state index is 0.0771. The fourth-order valence-electron chi connectivity index (χ4n) is 1.74. The van der Waals surface area contributed by atoms with Crippen LogP contribution in [0.5, 0.6) is 0 Å². The summed E-state index contributed by atoms with van der Waals surface area (Å²) in [5, 5.41) is 12.0. The van der Waals surface area contributed by atoms with Gasteiger partial charge in [0.25, 0.3) is 0 Å². The van der Waals surface area contributed by atoms with E-state index in [-0.39, 0.29) is 12.1 Å². The highest BCUT2D eigenvalue weighted by atomic mass is 79.9. The molecule has 2 rings (SSSR count). The van der Waals surface area contributed by atoms with Gasteiger partial charge in [-0.1, -0.05) is 22.0 Å². The highest BCUT2D eigenvalue weighted by molar-refractivity contribution is 9.10. The maximum Gasteiger partial charge on any atom is 0.335 e. The zero-order valence-electron chi connectivity index (χ0n) is 10.8. The largest absolute Gasteiger partial charge is 0.478 e. The number of aromatic carboxylic acids is 1. The number of carboxylic acid groups (broad SMARTS) is 1. The summed E-state index contributed by atoms with van der Waals surface area (Å²) >= 11 is 3.43. The molecule has 0 heterocycles. The molecule has 0 aromatic heterocycles. The fraction of sp³-hybridized carbons (Fsp3) is 0.133. The molecule has 104 valence electrons. The van der Waals surface area contributed by atoms with Crippen molar-refractivity contribution in [3.63, 3.8) is 0 Å². The van der Waals surface area contributed by atoms with Gasteiger partial charge >= 0.3 is 5.97 Å². The van der Waals surface area contributed by atoms with Crippen LogP contribution in [-0.4, -0.2) is 11.1 Å². The Morgan fingerprint density at radius 1 is 1.30 bits per heavy atom. The molecule has 0 radical (unpaired) electrons. The van der Waals surface area contributed by atoms with Crippen LogP contribution in [0.3, 0.4) is 0 Å². The van der Waals surface area contributed by atoms with E-state index >= 15 is 0 Å². The number of carbonyl (C=O) groups is 1. The first-order chi connectivity index (χ1) is 9.47. The molecular weight excluding hydrogens is 325 g/mol. The van der Waals surface area contributed by atoms with Crippen LogP contribution in [0, 0.1) is 12.7 Å². The van der Waals surface area contributed by atoms with Crippen LogP contribution in [0.4, 0.5) is 10.1 Å². The number of hydrogen-bond acceptors (Lipinski definition) is 2. The molecule has 0 aliphatic heterocycles. The molecule has 0 amide bonds. The molecule has 5 heteroatoms. The molecule has 0 aliphatic rings. The second kappa shape index (κ2) is 6.05. The standard InChI is InChI=1S/C15H13BrFNO2/c1-9-2-4-12(7-13(9)16)18-8-11-6-10(15(19)20)3-5-14(11)17/h2-7,18H,8H2,1H3,(H,19,20). The van der Waals surface area contributed by atoms with Crippen LogP contribution in [0.25, 0.3) is 0 Å². The number of carboxylic acids is 1. The Hall–Kier alpha value is -1.88. The topological polar surface area (TPSA) is 49.3 Å². The Morgan fingerprint density at radius 2 is 2.05 bits per heavy atom. The van der Waals surface area contributed by atoms with Gasteiger partial charge in [-0.3, -0.25) is 0 Å². The maximum atomic E-state index is 13.6. The summed E-state index contributed by atoms with van der Waals surface area (Å²) in [6.07, 6.45) is 0. The summed E-state index contributed by atoms with van der Waals surface area (Å²) in [6, 6.07) is 9.49. The third-order valence-corrected chi connectivity index (χ3v) is 3.80. The van der Waals surface area contributed by atoms with Gasteiger partial charge in [0.1, 0.15) is 5.82 Å². The van der Waals surface area contributed by atoms with Gasteiger partial charge in [-0.25, -0.2) is 9.18 Å². The lowest BCUT2D eigenvalue weighted by atomic mass is 10.1. The molecule has 0 fully saturated rings. The van der Waals surface area contributed by atoms with Crippen molar-refractivity contribution in [1.29, 1.82) is 0 Å². The number of rotatable bonds is 4. The van der Waals surface area contributed by atoms with Crippen molar-refractivity contribution in [2.75, 3.05) is 5.32 Å². The maximum absolute atomic E-state index is 13.6. The number of nitrogens with one attached hydrogen (secondary N) is 1. The summed E-state index contributed by atoms with van der Waals surface area (Å²) < 4.78 is 14.6. The minimum Gasteiger partial charge on any atom is -0.478 e. The summed E-state index contributed by atoms with van der Waals surface area (Å²) in [5.74, 6) is -1.49. The Labute approximate surface area is 124 Å². The smallest absolute Gasteiger partial charge is 0.335 e. The summed E-state index contributed by atoms with van der Waals surface area (Å²) in [7, 11) is 0. The molecule has 0 saturated heterocycles. The third-order valence-electron chi connectivity index (χ3n) is 2.95. The molecule has 0 bridgehead atoms. The van der Waals surface area contributed by atoms with Crippen LogP contribution in [0.1, 0.15) is 21.5 Å². The monoisotopic (exact) mass is 337 g/mol. The Morgan fingerprint density at radius 3 is 2.70 bits per heavy atom. The second-order valence-corrected chi connectivity index (χ2v) is 5.28. The fourth-order valence-corrected chi connectivity index (χ4v) is 2.12. The van der Waals surface area contributed by atoms with E-state index in [2.05, 4.69) is 21.2 Å². The van der Waals surface area contributed by atoms with Crippen LogP contribution < -0.4 is 5.32 Å². The van der Waals surface area contributed by atoms with Crippen molar-refractivity contribution in [2.24, 2.45) is 0 Å². The van der Waals surface area contributed by atoms with Gasteiger partial charge in [-0.15, -0.1) is 0 Å². The summed E-state index contributed by atoms with van der Waals surface area (Å²) in [4.78, 5) is 10.9. The van der Waals surface area contributed by atoms with Crippen LogP contribution in [0.15, 0.2) is 40.9 Å². The van der Waals surface area contributed by atoms with E-state index in [9.17, 15) is 9.18 Å². The zero-order chi connectivity index (χ0) is 14.7. The molecule has 0 aliphatic carbocycles. The normalized spacial score (nSPS) is 10.3. The van der Waals surface area contributed by atoms with E-state index in [1.54, 1.807) is 0 Å². The Bertz CT molecular complexity index is 658. The number of halogens is 2. The number of hydrogen-bond donors (Lipinski definition) is 2. The van der Waals surface area contributed by atoms with Crippen molar-refractivity contribution in [2.45, 2.75) is 13.5 Å². The predicted octanol–water partition coefficient (Wildman–Crippen LogP) is 4.21. The highest BCUT2D eigenvalue weighted by Crippen LogP contribution is 2.21.